The van der Waals surface area contributed by atoms with E-state index < -0.39 is 0 Å². The summed E-state index contributed by atoms with van der Waals surface area (Å²) in [6, 6.07) is 0.100. The van der Waals surface area contributed by atoms with Crippen LogP contribution in [0.4, 0.5) is 0 Å². The number of carbonyl (C=O) groups is 1. The maximum Gasteiger partial charge on any atom is 0.225 e. The summed E-state index contributed by atoms with van der Waals surface area (Å²) in [5, 5.41) is 5.91. The molecule has 0 aromatic carbocycles. The highest BCUT2D eigenvalue weighted by Gasteiger charge is 2.25. The first-order chi connectivity index (χ1) is 5.74. The molecule has 66 valence electrons. The average Bonchev–Trinajstić information content (AvgIpc) is 1.82. The molecule has 3 heteroatoms. The zero-order valence-corrected chi connectivity index (χ0v) is 7.26. The van der Waals surface area contributed by atoms with Gasteiger partial charge in [0, 0.05) is 25.6 Å². The van der Waals surface area contributed by atoms with Crippen molar-refractivity contribution in [3.63, 3.8) is 0 Å². The Labute approximate surface area is 72.9 Å². The molecule has 1 heterocycles. The topological polar surface area (TPSA) is 41.1 Å². The molecule has 1 unspecified atom stereocenters. The monoisotopic (exact) mass is 166 g/mol. The van der Waals surface area contributed by atoms with Crippen LogP contribution in [0.3, 0.4) is 0 Å². The second-order valence-electron chi connectivity index (χ2n) is 3.17. The molecular formula is C9H14N2O. The zero-order valence-electron chi connectivity index (χ0n) is 7.26. The van der Waals surface area contributed by atoms with E-state index in [4.69, 9.17) is 6.42 Å². The molecule has 1 atom stereocenters. The number of terminal acetylenes is 1. The molecular weight excluding hydrogens is 152 g/mol. The van der Waals surface area contributed by atoms with Crippen LogP contribution in [-0.2, 0) is 4.79 Å². The standard InChI is InChI=1S/C9H14N2O/c1-3-4-7(2)11-9(12)8-5-10-6-8/h1,7-8,10H,4-6H2,2H3,(H,11,12). The van der Waals surface area contributed by atoms with Gasteiger partial charge in [0.15, 0.2) is 0 Å². The van der Waals surface area contributed by atoms with Crippen molar-refractivity contribution in [1.82, 2.24) is 10.6 Å². The lowest BCUT2D eigenvalue weighted by atomic mass is 10.0. The second kappa shape index (κ2) is 4.13. The molecule has 0 bridgehead atoms. The lowest BCUT2D eigenvalue weighted by Gasteiger charge is -2.27. The Morgan fingerprint density at radius 1 is 1.83 bits per heavy atom. The Morgan fingerprint density at radius 2 is 2.50 bits per heavy atom. The van der Waals surface area contributed by atoms with E-state index >= 15 is 0 Å². The fourth-order valence-electron chi connectivity index (χ4n) is 1.06. The smallest absolute Gasteiger partial charge is 0.225 e. The van der Waals surface area contributed by atoms with Gasteiger partial charge in [-0.3, -0.25) is 4.79 Å². The van der Waals surface area contributed by atoms with Gasteiger partial charge in [-0.2, -0.15) is 0 Å². The van der Waals surface area contributed by atoms with Gasteiger partial charge in [-0.25, -0.2) is 0 Å². The molecule has 0 saturated carbocycles. The summed E-state index contributed by atoms with van der Waals surface area (Å²) in [7, 11) is 0. The van der Waals surface area contributed by atoms with Gasteiger partial charge >= 0.3 is 0 Å². The van der Waals surface area contributed by atoms with Crippen LogP contribution in [-0.4, -0.2) is 25.0 Å². The van der Waals surface area contributed by atoms with Crippen molar-refractivity contribution < 1.29 is 4.79 Å². The third-order valence-electron chi connectivity index (χ3n) is 1.96. The van der Waals surface area contributed by atoms with Gasteiger partial charge in [0.05, 0.1) is 5.92 Å². The van der Waals surface area contributed by atoms with Gasteiger partial charge in [-0.15, -0.1) is 12.3 Å². The predicted octanol–water partition coefficient (Wildman–Crippen LogP) is -0.266. The summed E-state index contributed by atoms with van der Waals surface area (Å²) < 4.78 is 0. The maximum absolute atomic E-state index is 11.3. The van der Waals surface area contributed by atoms with E-state index in [0.717, 1.165) is 13.1 Å². The molecule has 3 nitrogen and oxygen atoms in total. The Bertz CT molecular complexity index is 203. The molecule has 12 heavy (non-hydrogen) atoms. The summed E-state index contributed by atoms with van der Waals surface area (Å²) in [4.78, 5) is 11.3. The van der Waals surface area contributed by atoms with Crippen molar-refractivity contribution >= 4 is 5.91 Å². The summed E-state index contributed by atoms with van der Waals surface area (Å²) in [6.07, 6.45) is 5.72. The molecule has 1 amide bonds. The minimum absolute atomic E-state index is 0.100. The van der Waals surface area contributed by atoms with E-state index in [1.807, 2.05) is 6.92 Å². The van der Waals surface area contributed by atoms with Crippen molar-refractivity contribution in [2.45, 2.75) is 19.4 Å². The third-order valence-corrected chi connectivity index (χ3v) is 1.96. The van der Waals surface area contributed by atoms with Crippen LogP contribution in [0.2, 0.25) is 0 Å². The first kappa shape index (κ1) is 9.08. The zero-order chi connectivity index (χ0) is 8.97. The predicted molar refractivity (Wildman–Crippen MR) is 47.4 cm³/mol. The molecule has 0 radical (unpaired) electrons. The molecule has 0 aromatic heterocycles. The number of carbonyl (C=O) groups excluding carboxylic acids is 1. The molecule has 2 N–H and O–H groups in total. The van der Waals surface area contributed by atoms with Crippen LogP contribution in [0.25, 0.3) is 0 Å². The fourth-order valence-corrected chi connectivity index (χ4v) is 1.06. The lowest BCUT2D eigenvalue weighted by Crippen LogP contribution is -2.52. The molecule has 1 rings (SSSR count). The molecule has 1 saturated heterocycles. The Morgan fingerprint density at radius 3 is 2.92 bits per heavy atom. The molecule has 0 spiro atoms. The van der Waals surface area contributed by atoms with Gasteiger partial charge in [-0.05, 0) is 6.92 Å². The van der Waals surface area contributed by atoms with E-state index in [0.29, 0.717) is 6.42 Å². The number of hydrogen-bond acceptors (Lipinski definition) is 2. The Balaban J connectivity index is 2.21. The van der Waals surface area contributed by atoms with E-state index in [1.54, 1.807) is 0 Å². The van der Waals surface area contributed by atoms with Gasteiger partial charge in [0.25, 0.3) is 0 Å². The van der Waals surface area contributed by atoms with Gasteiger partial charge in [0.1, 0.15) is 0 Å². The lowest BCUT2D eigenvalue weighted by molar-refractivity contribution is -0.126. The van der Waals surface area contributed by atoms with Crippen molar-refractivity contribution in [2.75, 3.05) is 13.1 Å². The summed E-state index contributed by atoms with van der Waals surface area (Å²) >= 11 is 0. The molecule has 1 aliphatic heterocycles. The van der Waals surface area contributed by atoms with E-state index in [9.17, 15) is 4.79 Å². The van der Waals surface area contributed by atoms with Gasteiger partial charge < -0.3 is 10.6 Å². The largest absolute Gasteiger partial charge is 0.352 e. The van der Waals surface area contributed by atoms with Crippen molar-refractivity contribution in [3.05, 3.63) is 0 Å². The Hall–Kier alpha value is -1.01. The van der Waals surface area contributed by atoms with E-state index in [2.05, 4.69) is 16.6 Å². The number of nitrogens with one attached hydrogen (secondary N) is 2. The van der Waals surface area contributed by atoms with Crippen LogP contribution in [0.15, 0.2) is 0 Å². The molecule has 0 aliphatic carbocycles. The highest BCUT2D eigenvalue weighted by atomic mass is 16.2. The second-order valence-corrected chi connectivity index (χ2v) is 3.17. The fraction of sp³-hybridized carbons (Fsp3) is 0.667. The van der Waals surface area contributed by atoms with Gasteiger partial charge in [-0.1, -0.05) is 0 Å². The minimum atomic E-state index is 0.100. The highest BCUT2D eigenvalue weighted by Crippen LogP contribution is 2.03. The van der Waals surface area contributed by atoms with Crippen LogP contribution >= 0.6 is 0 Å². The summed E-state index contributed by atoms with van der Waals surface area (Å²) in [5.41, 5.74) is 0. The van der Waals surface area contributed by atoms with Crippen molar-refractivity contribution in [3.8, 4) is 12.3 Å². The first-order valence-electron chi connectivity index (χ1n) is 4.18. The molecule has 0 aromatic rings. The third kappa shape index (κ3) is 2.24. The molecule has 1 aliphatic rings. The Kier molecular flexibility index (Phi) is 3.12. The van der Waals surface area contributed by atoms with Crippen LogP contribution < -0.4 is 10.6 Å². The minimum Gasteiger partial charge on any atom is -0.352 e. The number of amides is 1. The first-order valence-corrected chi connectivity index (χ1v) is 4.18. The normalized spacial score (nSPS) is 19.0. The quantitative estimate of drug-likeness (QED) is 0.567. The van der Waals surface area contributed by atoms with E-state index in [-0.39, 0.29) is 17.9 Å². The molecule has 1 fully saturated rings. The average molecular weight is 166 g/mol. The summed E-state index contributed by atoms with van der Waals surface area (Å²) in [6.45, 7) is 3.52. The van der Waals surface area contributed by atoms with Crippen LogP contribution in [0, 0.1) is 18.3 Å². The maximum atomic E-state index is 11.3. The van der Waals surface area contributed by atoms with Crippen molar-refractivity contribution in [1.29, 1.82) is 0 Å². The van der Waals surface area contributed by atoms with Crippen molar-refractivity contribution in [2.24, 2.45) is 5.92 Å². The van der Waals surface area contributed by atoms with Crippen LogP contribution in [0.1, 0.15) is 13.3 Å². The highest BCUT2D eigenvalue weighted by molar-refractivity contribution is 5.80. The SMILES string of the molecule is C#CCC(C)NC(=O)C1CNC1. The number of hydrogen-bond donors (Lipinski definition) is 2. The van der Waals surface area contributed by atoms with Crippen LogP contribution in [0.5, 0.6) is 0 Å². The summed E-state index contributed by atoms with van der Waals surface area (Å²) in [5.74, 6) is 2.80. The van der Waals surface area contributed by atoms with Gasteiger partial charge in [0.2, 0.25) is 5.91 Å². The number of rotatable bonds is 3. The van der Waals surface area contributed by atoms with E-state index in [1.165, 1.54) is 0 Å².